The minimum atomic E-state index is 0.502. The first kappa shape index (κ1) is 12.2. The zero-order valence-electron chi connectivity index (χ0n) is 10.7. The maximum absolute atomic E-state index is 5.52. The molecule has 0 spiro atoms. The highest BCUT2D eigenvalue weighted by molar-refractivity contribution is 6.06. The van der Waals surface area contributed by atoms with Gasteiger partial charge in [-0.2, -0.15) is 0 Å². The predicted octanol–water partition coefficient (Wildman–Crippen LogP) is 2.53. The number of pyridine rings is 1. The second-order valence-electron chi connectivity index (χ2n) is 3.87. The molecule has 0 bridgehead atoms. The van der Waals surface area contributed by atoms with Crippen molar-refractivity contribution in [3.63, 3.8) is 0 Å². The molecular weight excluding hydrogens is 228 g/mol. The van der Waals surface area contributed by atoms with Gasteiger partial charge in [-0.25, -0.2) is 4.98 Å². The molecule has 0 aliphatic carbocycles. The van der Waals surface area contributed by atoms with Crippen LogP contribution < -0.4 is 5.32 Å². The molecule has 94 valence electrons. The monoisotopic (exact) mass is 244 g/mol. The van der Waals surface area contributed by atoms with Gasteiger partial charge in [-0.05, 0) is 13.0 Å². The van der Waals surface area contributed by atoms with Crippen LogP contribution >= 0.6 is 0 Å². The summed E-state index contributed by atoms with van der Waals surface area (Å²) in [5, 5.41) is 4.16. The largest absolute Gasteiger partial charge is 0.444 e. The molecule has 5 nitrogen and oxygen atoms in total. The Morgan fingerprint density at radius 1 is 1.56 bits per heavy atom. The van der Waals surface area contributed by atoms with Crippen LogP contribution in [-0.2, 0) is 4.74 Å². The topological polar surface area (TPSA) is 62.3 Å². The number of H-pyrrole nitrogens is 1. The highest BCUT2D eigenvalue weighted by Gasteiger charge is 2.14. The molecule has 0 unspecified atom stereocenters. The molecule has 0 saturated carbocycles. The lowest BCUT2D eigenvalue weighted by Gasteiger charge is -2.12. The summed E-state index contributed by atoms with van der Waals surface area (Å²) >= 11 is 0. The molecule has 0 amide bonds. The number of aromatic amines is 1. The van der Waals surface area contributed by atoms with Gasteiger partial charge >= 0.3 is 0 Å². The Morgan fingerprint density at radius 3 is 2.94 bits per heavy atom. The Labute approximate surface area is 106 Å². The molecule has 2 heterocycles. The molecule has 0 atom stereocenters. The average molecular weight is 244 g/mol. The molecule has 2 aromatic rings. The lowest BCUT2D eigenvalue weighted by Crippen LogP contribution is -2.09. The van der Waals surface area contributed by atoms with Gasteiger partial charge in [-0.3, -0.25) is 4.99 Å². The molecular formula is C13H16N4O. The SMILES string of the molecule is C=C(C)OC(=NC)c1cnc2[nH]ccc2c1NC. The van der Waals surface area contributed by atoms with Gasteiger partial charge in [-0.15, -0.1) is 0 Å². The molecule has 0 aliphatic heterocycles. The first-order chi connectivity index (χ1) is 8.67. The summed E-state index contributed by atoms with van der Waals surface area (Å²) in [5.74, 6) is 1.09. The zero-order valence-corrected chi connectivity index (χ0v) is 10.7. The van der Waals surface area contributed by atoms with Gasteiger partial charge in [0.15, 0.2) is 0 Å². The van der Waals surface area contributed by atoms with E-state index in [2.05, 4.69) is 26.9 Å². The van der Waals surface area contributed by atoms with Gasteiger partial charge in [-0.1, -0.05) is 6.58 Å². The number of nitrogens with one attached hydrogen (secondary N) is 2. The maximum Gasteiger partial charge on any atom is 0.224 e. The summed E-state index contributed by atoms with van der Waals surface area (Å²) in [5.41, 5.74) is 2.58. The highest BCUT2D eigenvalue weighted by Crippen LogP contribution is 2.26. The van der Waals surface area contributed by atoms with E-state index in [0.717, 1.165) is 22.3 Å². The highest BCUT2D eigenvalue weighted by atomic mass is 16.5. The number of anilines is 1. The van der Waals surface area contributed by atoms with Crippen LogP contribution in [0.2, 0.25) is 0 Å². The van der Waals surface area contributed by atoms with Crippen LogP contribution in [0.4, 0.5) is 5.69 Å². The average Bonchev–Trinajstić information content (AvgIpc) is 2.82. The third kappa shape index (κ3) is 2.07. The van der Waals surface area contributed by atoms with Crippen molar-refractivity contribution in [1.29, 1.82) is 0 Å². The van der Waals surface area contributed by atoms with Gasteiger partial charge in [0.25, 0.3) is 0 Å². The number of ether oxygens (including phenoxy) is 1. The third-order valence-electron chi connectivity index (χ3n) is 2.54. The molecule has 18 heavy (non-hydrogen) atoms. The quantitative estimate of drug-likeness (QED) is 0.495. The third-order valence-corrected chi connectivity index (χ3v) is 2.54. The lowest BCUT2D eigenvalue weighted by atomic mass is 10.1. The molecule has 0 fully saturated rings. The number of nitrogens with zero attached hydrogens (tertiary/aromatic N) is 2. The van der Waals surface area contributed by atoms with Crippen molar-refractivity contribution in [2.45, 2.75) is 6.92 Å². The number of fused-ring (bicyclic) bond motifs is 1. The Balaban J connectivity index is 2.58. The van der Waals surface area contributed by atoms with E-state index in [1.807, 2.05) is 19.3 Å². The van der Waals surface area contributed by atoms with Crippen molar-refractivity contribution in [3.8, 4) is 0 Å². The summed E-state index contributed by atoms with van der Waals surface area (Å²) in [6, 6.07) is 1.96. The van der Waals surface area contributed by atoms with E-state index in [1.165, 1.54) is 0 Å². The predicted molar refractivity (Wildman–Crippen MR) is 74.0 cm³/mol. The van der Waals surface area contributed by atoms with Gasteiger partial charge < -0.3 is 15.0 Å². The number of rotatable bonds is 3. The molecule has 0 aliphatic rings. The number of allylic oxidation sites excluding steroid dienone is 1. The summed E-state index contributed by atoms with van der Waals surface area (Å²) in [4.78, 5) is 11.6. The second-order valence-corrected chi connectivity index (χ2v) is 3.87. The molecule has 5 heteroatoms. The van der Waals surface area contributed by atoms with Crippen LogP contribution in [0.25, 0.3) is 11.0 Å². The van der Waals surface area contributed by atoms with Crippen LogP contribution in [-0.4, -0.2) is 30.0 Å². The molecule has 0 saturated heterocycles. The second kappa shape index (κ2) is 4.91. The summed E-state index contributed by atoms with van der Waals surface area (Å²) < 4.78 is 5.52. The van der Waals surface area contributed by atoms with Gasteiger partial charge in [0.05, 0.1) is 17.0 Å². The van der Waals surface area contributed by atoms with E-state index in [9.17, 15) is 0 Å². The molecule has 2 aromatic heterocycles. The summed E-state index contributed by atoms with van der Waals surface area (Å²) in [6.07, 6.45) is 3.58. The van der Waals surface area contributed by atoms with Gasteiger partial charge in [0.2, 0.25) is 5.90 Å². The van der Waals surface area contributed by atoms with Crippen molar-refractivity contribution in [2.75, 3.05) is 19.4 Å². The van der Waals surface area contributed by atoms with Gasteiger partial charge in [0, 0.05) is 31.9 Å². The van der Waals surface area contributed by atoms with E-state index in [0.29, 0.717) is 11.7 Å². The standard InChI is InChI=1S/C13H16N4O/c1-8(2)18-13(15-4)10-7-17-12-9(5-6-16-12)11(10)14-3/h5-7H,1H2,2-4H3,(H2,14,16,17). The van der Waals surface area contributed by atoms with E-state index < -0.39 is 0 Å². The Hall–Kier alpha value is -2.30. The van der Waals surface area contributed by atoms with E-state index in [1.54, 1.807) is 20.2 Å². The minimum Gasteiger partial charge on any atom is -0.444 e. The Kier molecular flexibility index (Phi) is 3.32. The van der Waals surface area contributed by atoms with Crippen molar-refractivity contribution in [3.05, 3.63) is 36.4 Å². The summed E-state index contributed by atoms with van der Waals surface area (Å²) in [6.45, 7) is 5.51. The van der Waals surface area contributed by atoms with Crippen LogP contribution in [0, 0.1) is 0 Å². The van der Waals surface area contributed by atoms with Gasteiger partial charge in [0.1, 0.15) is 5.65 Å². The van der Waals surface area contributed by atoms with Crippen molar-refractivity contribution < 1.29 is 4.74 Å². The van der Waals surface area contributed by atoms with E-state index >= 15 is 0 Å². The molecule has 2 rings (SSSR count). The lowest BCUT2D eigenvalue weighted by molar-refractivity contribution is 0.420. The van der Waals surface area contributed by atoms with Crippen LogP contribution in [0.15, 0.2) is 35.8 Å². The number of aliphatic imine (C=N–C) groups is 1. The van der Waals surface area contributed by atoms with Crippen LogP contribution in [0.5, 0.6) is 0 Å². The molecule has 2 N–H and O–H groups in total. The summed E-state index contributed by atoms with van der Waals surface area (Å²) in [7, 11) is 3.54. The normalized spacial score (nSPS) is 11.6. The van der Waals surface area contributed by atoms with Crippen LogP contribution in [0.3, 0.4) is 0 Å². The minimum absolute atomic E-state index is 0.502. The Bertz CT molecular complexity index is 612. The van der Waals surface area contributed by atoms with Crippen molar-refractivity contribution in [1.82, 2.24) is 9.97 Å². The van der Waals surface area contributed by atoms with Crippen LogP contribution in [0.1, 0.15) is 12.5 Å². The first-order valence-corrected chi connectivity index (χ1v) is 5.61. The Morgan fingerprint density at radius 2 is 2.33 bits per heavy atom. The van der Waals surface area contributed by atoms with E-state index in [-0.39, 0.29) is 0 Å². The number of hydrogen-bond donors (Lipinski definition) is 2. The fourth-order valence-electron chi connectivity index (χ4n) is 1.83. The molecule has 0 aromatic carbocycles. The van der Waals surface area contributed by atoms with Crippen molar-refractivity contribution >= 4 is 22.6 Å². The van der Waals surface area contributed by atoms with Crippen molar-refractivity contribution in [2.24, 2.45) is 4.99 Å². The van der Waals surface area contributed by atoms with E-state index in [4.69, 9.17) is 4.74 Å². The zero-order chi connectivity index (χ0) is 13.1. The maximum atomic E-state index is 5.52. The fraction of sp³-hybridized carbons (Fsp3) is 0.231. The first-order valence-electron chi connectivity index (χ1n) is 5.61. The fourth-order valence-corrected chi connectivity index (χ4v) is 1.83. The molecule has 0 radical (unpaired) electrons. The smallest absolute Gasteiger partial charge is 0.224 e. The number of hydrogen-bond acceptors (Lipinski definition) is 4. The number of aromatic nitrogens is 2.